The van der Waals surface area contributed by atoms with Crippen LogP contribution >= 0.6 is 0 Å². The van der Waals surface area contributed by atoms with Crippen LogP contribution < -0.4 is 10.6 Å². The fourth-order valence-electron chi connectivity index (χ4n) is 4.43. The number of hydrogen-bond acceptors (Lipinski definition) is 4. The molecule has 7 nitrogen and oxygen atoms in total. The van der Waals surface area contributed by atoms with E-state index < -0.39 is 0 Å². The molecular formula is C21H39N7. The van der Waals surface area contributed by atoms with Gasteiger partial charge in [0.2, 0.25) is 0 Å². The summed E-state index contributed by atoms with van der Waals surface area (Å²) < 4.78 is 1.98. The average molecular weight is 390 g/mol. The minimum absolute atomic E-state index is 0.240. The second-order valence-corrected chi connectivity index (χ2v) is 8.32. The molecule has 0 bridgehead atoms. The molecule has 3 rings (SSSR count). The minimum Gasteiger partial charge on any atom is -0.357 e. The van der Waals surface area contributed by atoms with Gasteiger partial charge in [0.1, 0.15) is 0 Å². The Labute approximate surface area is 170 Å². The normalized spacial score (nSPS) is 21.6. The number of guanidine groups is 1. The van der Waals surface area contributed by atoms with Crippen molar-refractivity contribution >= 4 is 5.96 Å². The molecule has 2 fully saturated rings. The van der Waals surface area contributed by atoms with Gasteiger partial charge >= 0.3 is 0 Å². The van der Waals surface area contributed by atoms with Crippen LogP contribution in [-0.4, -0.2) is 83.9 Å². The summed E-state index contributed by atoms with van der Waals surface area (Å²) in [5, 5.41) is 11.2. The summed E-state index contributed by atoms with van der Waals surface area (Å²) in [5.41, 5.74) is 0.240. The van der Waals surface area contributed by atoms with Crippen molar-refractivity contribution in [2.75, 3.05) is 52.9 Å². The van der Waals surface area contributed by atoms with Crippen molar-refractivity contribution in [3.8, 4) is 0 Å². The summed E-state index contributed by atoms with van der Waals surface area (Å²) in [5.74, 6) is 0.957. The van der Waals surface area contributed by atoms with E-state index in [4.69, 9.17) is 4.99 Å². The zero-order chi connectivity index (χ0) is 19.7. The highest BCUT2D eigenvalue weighted by molar-refractivity contribution is 5.79. The maximum Gasteiger partial charge on any atom is 0.191 e. The standard InChI is InChI=1S/C21H39N7/c1-3-22-20(23-11-7-15-28-16-8-12-25-28)24-19-21(9-17-26(2)18-10-21)27-13-5-4-6-14-27/h8,12,16H,3-7,9-11,13-15,17-19H2,1-2H3,(H2,22,23,24). The summed E-state index contributed by atoms with van der Waals surface area (Å²) in [6.45, 7) is 10.6. The van der Waals surface area contributed by atoms with E-state index in [1.807, 2.05) is 23.1 Å². The predicted octanol–water partition coefficient (Wildman–Crippen LogP) is 1.78. The first-order chi connectivity index (χ1) is 13.7. The Bertz CT molecular complexity index is 570. The molecule has 0 unspecified atom stereocenters. The summed E-state index contributed by atoms with van der Waals surface area (Å²) in [7, 11) is 2.24. The van der Waals surface area contributed by atoms with Crippen LogP contribution in [0.25, 0.3) is 0 Å². The van der Waals surface area contributed by atoms with Crippen molar-refractivity contribution in [2.45, 2.75) is 57.5 Å². The number of nitrogens with one attached hydrogen (secondary N) is 2. The van der Waals surface area contributed by atoms with Crippen LogP contribution in [0.3, 0.4) is 0 Å². The van der Waals surface area contributed by atoms with Gasteiger partial charge in [-0.1, -0.05) is 6.42 Å². The summed E-state index contributed by atoms with van der Waals surface area (Å²) in [4.78, 5) is 10.3. The highest BCUT2D eigenvalue weighted by atomic mass is 15.3. The van der Waals surface area contributed by atoms with Gasteiger partial charge in [-0.2, -0.15) is 5.10 Å². The summed E-state index contributed by atoms with van der Waals surface area (Å²) in [6, 6.07) is 1.97. The lowest BCUT2D eigenvalue weighted by atomic mass is 9.84. The van der Waals surface area contributed by atoms with Crippen LogP contribution in [-0.2, 0) is 6.54 Å². The SMILES string of the molecule is CCNC(=NCC1(N2CCCCC2)CCN(C)CC1)NCCCn1cccn1. The lowest BCUT2D eigenvalue weighted by Crippen LogP contribution is -2.58. The van der Waals surface area contributed by atoms with E-state index in [-0.39, 0.29) is 5.54 Å². The van der Waals surface area contributed by atoms with Crippen molar-refractivity contribution in [1.82, 2.24) is 30.2 Å². The van der Waals surface area contributed by atoms with E-state index in [0.717, 1.165) is 38.6 Å². The first-order valence-corrected chi connectivity index (χ1v) is 11.1. The summed E-state index contributed by atoms with van der Waals surface area (Å²) >= 11 is 0. The molecule has 0 spiro atoms. The second-order valence-electron chi connectivity index (χ2n) is 8.32. The monoisotopic (exact) mass is 389 g/mol. The summed E-state index contributed by atoms with van der Waals surface area (Å²) in [6.07, 6.45) is 11.4. The quantitative estimate of drug-likeness (QED) is 0.403. The Balaban J connectivity index is 1.57. The van der Waals surface area contributed by atoms with Gasteiger partial charge in [-0.3, -0.25) is 14.6 Å². The van der Waals surface area contributed by atoms with Crippen LogP contribution in [0.5, 0.6) is 0 Å². The fraction of sp³-hybridized carbons (Fsp3) is 0.810. The molecule has 0 aliphatic carbocycles. The number of nitrogens with zero attached hydrogens (tertiary/aromatic N) is 5. The molecule has 2 aliphatic rings. The van der Waals surface area contributed by atoms with Gasteiger partial charge in [0.05, 0.1) is 6.54 Å². The van der Waals surface area contributed by atoms with Crippen molar-refractivity contribution < 1.29 is 0 Å². The van der Waals surface area contributed by atoms with Gasteiger partial charge in [0.25, 0.3) is 0 Å². The van der Waals surface area contributed by atoms with E-state index >= 15 is 0 Å². The molecule has 0 amide bonds. The molecule has 1 aromatic heterocycles. The Morgan fingerprint density at radius 2 is 1.89 bits per heavy atom. The van der Waals surface area contributed by atoms with Gasteiger partial charge in [-0.25, -0.2) is 0 Å². The maximum atomic E-state index is 5.06. The van der Waals surface area contributed by atoms with Crippen LogP contribution in [0.2, 0.25) is 0 Å². The van der Waals surface area contributed by atoms with Gasteiger partial charge in [-0.05, 0) is 78.3 Å². The molecule has 28 heavy (non-hydrogen) atoms. The van der Waals surface area contributed by atoms with Crippen molar-refractivity contribution in [3.05, 3.63) is 18.5 Å². The van der Waals surface area contributed by atoms with E-state index in [9.17, 15) is 0 Å². The number of aryl methyl sites for hydroxylation is 1. The highest BCUT2D eigenvalue weighted by Crippen LogP contribution is 2.31. The number of rotatable bonds is 8. The number of aliphatic imine (C=N–C) groups is 1. The van der Waals surface area contributed by atoms with Crippen molar-refractivity contribution in [1.29, 1.82) is 0 Å². The molecule has 2 saturated heterocycles. The van der Waals surface area contributed by atoms with Crippen LogP contribution in [0.4, 0.5) is 0 Å². The van der Waals surface area contributed by atoms with E-state index in [2.05, 4.69) is 39.5 Å². The van der Waals surface area contributed by atoms with Crippen LogP contribution in [0, 0.1) is 0 Å². The van der Waals surface area contributed by atoms with Gasteiger partial charge in [0.15, 0.2) is 5.96 Å². The second kappa shape index (κ2) is 10.8. The highest BCUT2D eigenvalue weighted by Gasteiger charge is 2.39. The van der Waals surface area contributed by atoms with E-state index in [1.165, 1.54) is 58.3 Å². The Kier molecular flexibility index (Phi) is 8.15. The molecular weight excluding hydrogens is 350 g/mol. The lowest BCUT2D eigenvalue weighted by molar-refractivity contribution is 0.0208. The minimum atomic E-state index is 0.240. The Morgan fingerprint density at radius 1 is 1.11 bits per heavy atom. The number of hydrogen-bond donors (Lipinski definition) is 2. The van der Waals surface area contributed by atoms with Crippen LogP contribution in [0.15, 0.2) is 23.5 Å². The molecule has 0 radical (unpaired) electrons. The van der Waals surface area contributed by atoms with Gasteiger partial charge in [0, 0.05) is 37.6 Å². The number of piperidine rings is 2. The number of likely N-dealkylation sites (tertiary alicyclic amines) is 2. The van der Waals surface area contributed by atoms with E-state index in [0.29, 0.717) is 0 Å². The molecule has 7 heteroatoms. The van der Waals surface area contributed by atoms with E-state index in [1.54, 1.807) is 0 Å². The Hall–Kier alpha value is -1.60. The van der Waals surface area contributed by atoms with Crippen molar-refractivity contribution in [3.63, 3.8) is 0 Å². The third kappa shape index (κ3) is 5.95. The largest absolute Gasteiger partial charge is 0.357 e. The molecule has 0 aromatic carbocycles. The molecule has 2 N–H and O–H groups in total. The third-order valence-electron chi connectivity index (χ3n) is 6.24. The van der Waals surface area contributed by atoms with Crippen LogP contribution in [0.1, 0.15) is 45.4 Å². The predicted molar refractivity (Wildman–Crippen MR) is 116 cm³/mol. The first kappa shape index (κ1) is 21.1. The maximum absolute atomic E-state index is 5.06. The topological polar surface area (TPSA) is 60.7 Å². The molecule has 2 aliphatic heterocycles. The fourth-order valence-corrected chi connectivity index (χ4v) is 4.43. The van der Waals surface area contributed by atoms with Crippen molar-refractivity contribution in [2.24, 2.45) is 4.99 Å². The third-order valence-corrected chi connectivity index (χ3v) is 6.24. The molecule has 3 heterocycles. The smallest absolute Gasteiger partial charge is 0.191 e. The molecule has 158 valence electrons. The number of aromatic nitrogens is 2. The van der Waals surface area contributed by atoms with Gasteiger partial charge < -0.3 is 15.5 Å². The zero-order valence-corrected chi connectivity index (χ0v) is 17.9. The molecule has 0 atom stereocenters. The average Bonchev–Trinajstić information content (AvgIpc) is 3.25. The molecule has 1 aromatic rings. The lowest BCUT2D eigenvalue weighted by Gasteiger charge is -2.49. The Morgan fingerprint density at radius 3 is 2.57 bits per heavy atom. The van der Waals surface area contributed by atoms with Gasteiger partial charge in [-0.15, -0.1) is 0 Å². The molecule has 0 saturated carbocycles. The first-order valence-electron chi connectivity index (χ1n) is 11.1. The zero-order valence-electron chi connectivity index (χ0n) is 17.9.